The first-order valence-electron chi connectivity index (χ1n) is 13.4. The fourth-order valence-corrected chi connectivity index (χ4v) is 3.74. The van der Waals surface area contributed by atoms with Crippen molar-refractivity contribution in [1.82, 2.24) is 4.98 Å². The summed E-state index contributed by atoms with van der Waals surface area (Å²) in [6, 6.07) is 19.3. The topological polar surface area (TPSA) is 72.6 Å². The van der Waals surface area contributed by atoms with Gasteiger partial charge in [-0.15, -0.1) is 12.1 Å². The number of pyridine rings is 1. The van der Waals surface area contributed by atoms with Crippen molar-refractivity contribution in [2.24, 2.45) is 10.8 Å². The molecule has 40 heavy (non-hydrogen) atoms. The van der Waals surface area contributed by atoms with Gasteiger partial charge in [0.2, 0.25) is 0 Å². The normalized spacial score (nSPS) is 11.8. The van der Waals surface area contributed by atoms with Crippen molar-refractivity contribution in [1.29, 1.82) is 0 Å². The number of aryl methyl sites for hydroxylation is 2. The molecule has 5 nitrogen and oxygen atoms in total. The monoisotopic (exact) mass is 719 g/mol. The summed E-state index contributed by atoms with van der Waals surface area (Å²) < 4.78 is 11.7. The molecule has 0 atom stereocenters. The molecular weight excluding hydrogens is 679 g/mol. The van der Waals surface area contributed by atoms with Crippen LogP contribution in [0.15, 0.2) is 77.2 Å². The van der Waals surface area contributed by atoms with Crippen LogP contribution in [0.1, 0.15) is 65.5 Å². The molecule has 0 aliphatic heterocycles. The second-order valence-corrected chi connectivity index (χ2v) is 11.2. The number of benzene rings is 2. The van der Waals surface area contributed by atoms with E-state index in [4.69, 9.17) is 9.15 Å². The first-order valence-corrected chi connectivity index (χ1v) is 13.4. The summed E-state index contributed by atoms with van der Waals surface area (Å²) in [5, 5.41) is 10.8. The largest absolute Gasteiger partial charge is 0.512 e. The summed E-state index contributed by atoms with van der Waals surface area (Å²) in [7, 11) is 0. The van der Waals surface area contributed by atoms with E-state index in [9.17, 15) is 9.90 Å². The van der Waals surface area contributed by atoms with Crippen molar-refractivity contribution >= 4 is 16.8 Å². The predicted molar refractivity (Wildman–Crippen MR) is 158 cm³/mol. The molecule has 0 amide bonds. The van der Waals surface area contributed by atoms with E-state index in [1.165, 1.54) is 6.08 Å². The van der Waals surface area contributed by atoms with E-state index in [0.29, 0.717) is 17.2 Å². The van der Waals surface area contributed by atoms with Gasteiger partial charge in [-0.1, -0.05) is 85.7 Å². The Morgan fingerprint density at radius 1 is 1.02 bits per heavy atom. The zero-order valence-corrected chi connectivity index (χ0v) is 27.1. The number of aliphatic hydroxyl groups is 1. The van der Waals surface area contributed by atoms with E-state index >= 15 is 0 Å². The molecule has 0 saturated carbocycles. The SMILES string of the molecule is CCC(C)(C)C(=O)/C=C(\O)C(C)(C)CC.Cc1[c-]c(Oc2nccc3c(-c4ccccc4)coc23)cc(C)c1.[Ir]. The van der Waals surface area contributed by atoms with Crippen LogP contribution in [0.25, 0.3) is 22.1 Å². The second kappa shape index (κ2) is 13.9. The Bertz CT molecular complexity index is 1430. The van der Waals surface area contributed by atoms with Crippen LogP contribution >= 0.6 is 0 Å². The minimum Gasteiger partial charge on any atom is -0.512 e. The number of ether oxygens (including phenoxy) is 1. The molecule has 4 aromatic rings. The molecule has 2 aromatic heterocycles. The molecule has 1 radical (unpaired) electrons. The van der Waals surface area contributed by atoms with Gasteiger partial charge in [0.1, 0.15) is 5.76 Å². The number of rotatable bonds is 8. The van der Waals surface area contributed by atoms with E-state index in [0.717, 1.165) is 40.5 Å². The van der Waals surface area contributed by atoms with E-state index in [-0.39, 0.29) is 42.5 Å². The third-order valence-electron chi connectivity index (χ3n) is 7.27. The van der Waals surface area contributed by atoms with Gasteiger partial charge in [-0.05, 0) is 24.5 Å². The Morgan fingerprint density at radius 2 is 1.68 bits per heavy atom. The van der Waals surface area contributed by atoms with Crippen LogP contribution in [0, 0.1) is 30.7 Å². The smallest absolute Gasteiger partial charge is 0.261 e. The van der Waals surface area contributed by atoms with Gasteiger partial charge in [-0.2, -0.15) is 17.2 Å². The average Bonchev–Trinajstić information content (AvgIpc) is 3.34. The van der Waals surface area contributed by atoms with Crippen molar-refractivity contribution in [3.8, 4) is 22.8 Å². The number of carbonyl (C=O) groups is 1. The minimum absolute atomic E-state index is 0. The molecule has 0 aliphatic rings. The Morgan fingerprint density at radius 3 is 2.27 bits per heavy atom. The number of allylic oxidation sites excluding steroid dienone is 2. The quantitative estimate of drug-likeness (QED) is 0.112. The molecular formula is C34H40IrNO4-. The minimum atomic E-state index is -0.377. The van der Waals surface area contributed by atoms with Gasteiger partial charge < -0.3 is 14.3 Å². The number of furan rings is 1. The molecule has 0 unspecified atom stereocenters. The molecule has 6 heteroatoms. The fourth-order valence-electron chi connectivity index (χ4n) is 3.74. The van der Waals surface area contributed by atoms with Gasteiger partial charge in [0, 0.05) is 59.9 Å². The third-order valence-corrected chi connectivity index (χ3v) is 7.27. The number of aliphatic hydroxyl groups excluding tert-OH is 1. The van der Waals surface area contributed by atoms with Crippen LogP contribution in [-0.2, 0) is 24.9 Å². The zero-order chi connectivity index (χ0) is 28.8. The number of hydrogen-bond acceptors (Lipinski definition) is 5. The molecule has 0 spiro atoms. The summed E-state index contributed by atoms with van der Waals surface area (Å²) in [6.07, 6.45) is 6.48. The Labute approximate surface area is 252 Å². The van der Waals surface area contributed by atoms with E-state index in [2.05, 4.69) is 29.2 Å². The molecule has 0 fully saturated rings. The molecule has 0 aliphatic carbocycles. The van der Waals surface area contributed by atoms with Crippen molar-refractivity contribution in [3.05, 3.63) is 90.0 Å². The van der Waals surface area contributed by atoms with Gasteiger partial charge in [0.25, 0.3) is 5.88 Å². The van der Waals surface area contributed by atoms with Crippen LogP contribution in [-0.4, -0.2) is 15.9 Å². The number of ketones is 1. The van der Waals surface area contributed by atoms with Gasteiger partial charge >= 0.3 is 0 Å². The van der Waals surface area contributed by atoms with Gasteiger partial charge in [-0.25, -0.2) is 4.98 Å². The van der Waals surface area contributed by atoms with Crippen LogP contribution in [0.5, 0.6) is 11.6 Å². The maximum atomic E-state index is 11.8. The Balaban J connectivity index is 0.000000307. The summed E-state index contributed by atoms with van der Waals surface area (Å²) in [4.78, 5) is 16.2. The van der Waals surface area contributed by atoms with Crippen LogP contribution in [0.4, 0.5) is 0 Å². The number of fused-ring (bicyclic) bond motifs is 1. The summed E-state index contributed by atoms with van der Waals surface area (Å²) in [6.45, 7) is 15.7. The molecule has 4 rings (SSSR count). The van der Waals surface area contributed by atoms with Gasteiger partial charge in [0.15, 0.2) is 11.4 Å². The molecule has 2 aromatic carbocycles. The Kier molecular flexibility index (Phi) is 11.5. The first-order chi connectivity index (χ1) is 18.4. The fraction of sp³-hybridized carbons (Fsp3) is 0.353. The summed E-state index contributed by atoms with van der Waals surface area (Å²) in [5.74, 6) is 1.29. The molecule has 1 N–H and O–H groups in total. The summed E-state index contributed by atoms with van der Waals surface area (Å²) >= 11 is 0. The Hall–Kier alpha value is -3.21. The predicted octanol–water partition coefficient (Wildman–Crippen LogP) is 9.57. The van der Waals surface area contributed by atoms with Gasteiger partial charge in [0.05, 0.1) is 6.26 Å². The number of aromatic nitrogens is 1. The number of hydrogen-bond donors (Lipinski definition) is 1. The number of nitrogens with zero attached hydrogens (tertiary/aromatic N) is 1. The van der Waals surface area contributed by atoms with Gasteiger partial charge in [-0.3, -0.25) is 4.79 Å². The van der Waals surface area contributed by atoms with Crippen LogP contribution in [0.3, 0.4) is 0 Å². The van der Waals surface area contributed by atoms with Crippen LogP contribution in [0.2, 0.25) is 0 Å². The molecule has 215 valence electrons. The van der Waals surface area contributed by atoms with E-state index in [1.54, 1.807) is 12.5 Å². The second-order valence-electron chi connectivity index (χ2n) is 11.2. The average molecular weight is 719 g/mol. The van der Waals surface area contributed by atoms with Crippen molar-refractivity contribution in [2.45, 2.75) is 68.2 Å². The number of carbonyl (C=O) groups excluding carboxylic acids is 1. The molecule has 0 saturated heterocycles. The van der Waals surface area contributed by atoms with Crippen LogP contribution < -0.4 is 4.74 Å². The molecule has 2 heterocycles. The standard InChI is InChI=1S/C21H16NO2.C13H24O2.Ir/c1-14-10-15(2)12-17(11-14)24-21-20-18(8-9-22-21)19(13-23-20)16-6-4-3-5-7-16;1-7-12(3,4)10(14)9-11(15)13(5,6)8-2;/h3-11,13H,1-2H3;9,14H,7-8H2,1-6H3;/q-1;;/b;10-9-;. The van der Waals surface area contributed by atoms with E-state index < -0.39 is 0 Å². The van der Waals surface area contributed by atoms with Crippen molar-refractivity contribution in [3.63, 3.8) is 0 Å². The van der Waals surface area contributed by atoms with Crippen molar-refractivity contribution in [2.75, 3.05) is 0 Å². The summed E-state index contributed by atoms with van der Waals surface area (Å²) in [5.41, 5.74) is 4.24. The first kappa shape index (κ1) is 33.0. The van der Waals surface area contributed by atoms with Crippen molar-refractivity contribution < 1.29 is 39.2 Å². The molecule has 0 bridgehead atoms. The third kappa shape index (κ3) is 8.16. The van der Waals surface area contributed by atoms with E-state index in [1.807, 2.05) is 85.7 Å². The zero-order valence-electron chi connectivity index (χ0n) is 24.7. The maximum Gasteiger partial charge on any atom is 0.261 e. The maximum absolute atomic E-state index is 11.8.